The number of aromatic amines is 2. The number of aromatic nitrogens is 2. The van der Waals surface area contributed by atoms with Crippen molar-refractivity contribution in [1.82, 2.24) is 15.3 Å². The molecule has 2 aromatic rings. The Bertz CT molecular complexity index is 815. The molecule has 0 bridgehead atoms. The van der Waals surface area contributed by atoms with Gasteiger partial charge < -0.3 is 15.4 Å². The number of carboxylic acid groups (broad SMARTS) is 1. The molecule has 7 nitrogen and oxygen atoms in total. The SMILES string of the molecule is CC1CNCCc2ccc(Cl)cc21.O=C(O)c1cc(=O)[nH]c(=O)[nH]1. The molecule has 0 aliphatic carbocycles. The van der Waals surface area contributed by atoms with E-state index in [0.717, 1.165) is 30.6 Å². The first-order chi connectivity index (χ1) is 11.4. The second-order valence-corrected chi connectivity index (χ2v) is 5.94. The quantitative estimate of drug-likeness (QED) is 0.619. The molecule has 1 aromatic heterocycles. The molecule has 1 atom stereocenters. The van der Waals surface area contributed by atoms with E-state index in [0.29, 0.717) is 5.92 Å². The van der Waals surface area contributed by atoms with Gasteiger partial charge in [-0.2, -0.15) is 0 Å². The minimum absolute atomic E-state index is 0.418. The summed E-state index contributed by atoms with van der Waals surface area (Å²) in [6, 6.07) is 7.04. The van der Waals surface area contributed by atoms with Crippen LogP contribution in [0.4, 0.5) is 0 Å². The summed E-state index contributed by atoms with van der Waals surface area (Å²) in [5.41, 5.74) is 0.888. The van der Waals surface area contributed by atoms with E-state index in [1.807, 2.05) is 16.0 Å². The number of H-pyrrole nitrogens is 2. The monoisotopic (exact) mass is 351 g/mol. The first-order valence-corrected chi connectivity index (χ1v) is 7.80. The Morgan fingerprint density at radius 1 is 1.25 bits per heavy atom. The molecule has 0 radical (unpaired) electrons. The predicted molar refractivity (Wildman–Crippen MR) is 91.1 cm³/mol. The van der Waals surface area contributed by atoms with Gasteiger partial charge in [0.25, 0.3) is 5.56 Å². The second-order valence-electron chi connectivity index (χ2n) is 5.50. The molecule has 0 amide bonds. The first-order valence-electron chi connectivity index (χ1n) is 7.43. The number of halogens is 1. The summed E-state index contributed by atoms with van der Waals surface area (Å²) in [6.45, 7) is 4.39. The fourth-order valence-corrected chi connectivity index (χ4v) is 2.67. The molecule has 24 heavy (non-hydrogen) atoms. The Morgan fingerprint density at radius 2 is 2.00 bits per heavy atom. The molecule has 1 aromatic carbocycles. The summed E-state index contributed by atoms with van der Waals surface area (Å²) in [5.74, 6) is -0.760. The molecule has 0 saturated carbocycles. The molecule has 8 heteroatoms. The van der Waals surface area contributed by atoms with Crippen molar-refractivity contribution < 1.29 is 9.90 Å². The van der Waals surface area contributed by atoms with Crippen molar-refractivity contribution in [2.24, 2.45) is 0 Å². The zero-order valence-corrected chi connectivity index (χ0v) is 13.8. The molecule has 0 fully saturated rings. The van der Waals surface area contributed by atoms with Gasteiger partial charge >= 0.3 is 11.7 Å². The van der Waals surface area contributed by atoms with Gasteiger partial charge in [0.05, 0.1) is 0 Å². The van der Waals surface area contributed by atoms with Crippen LogP contribution >= 0.6 is 11.6 Å². The Kier molecular flexibility index (Phi) is 5.94. The van der Waals surface area contributed by atoms with Crippen LogP contribution in [0.1, 0.15) is 34.5 Å². The van der Waals surface area contributed by atoms with Gasteiger partial charge in [-0.1, -0.05) is 24.6 Å². The zero-order chi connectivity index (χ0) is 17.7. The Labute approximate surface area is 142 Å². The van der Waals surface area contributed by atoms with Gasteiger partial charge in [-0.25, -0.2) is 9.59 Å². The van der Waals surface area contributed by atoms with Crippen LogP contribution < -0.4 is 16.6 Å². The Hall–Kier alpha value is -2.38. The van der Waals surface area contributed by atoms with E-state index in [1.54, 1.807) is 0 Å². The van der Waals surface area contributed by atoms with Crippen molar-refractivity contribution in [2.45, 2.75) is 19.3 Å². The number of aromatic carboxylic acids is 1. The maximum Gasteiger partial charge on any atom is 0.352 e. The lowest BCUT2D eigenvalue weighted by Crippen LogP contribution is -2.24. The van der Waals surface area contributed by atoms with Gasteiger partial charge in [-0.3, -0.25) is 9.78 Å². The number of carboxylic acids is 1. The first kappa shape index (κ1) is 18.0. The van der Waals surface area contributed by atoms with Gasteiger partial charge in [-0.15, -0.1) is 0 Å². The Morgan fingerprint density at radius 3 is 2.67 bits per heavy atom. The summed E-state index contributed by atoms with van der Waals surface area (Å²) in [7, 11) is 0. The summed E-state index contributed by atoms with van der Waals surface area (Å²) in [5, 5.41) is 12.6. The maximum absolute atomic E-state index is 10.5. The third kappa shape index (κ3) is 4.81. The highest BCUT2D eigenvalue weighted by atomic mass is 35.5. The number of benzene rings is 1. The molecular weight excluding hydrogens is 334 g/mol. The highest BCUT2D eigenvalue weighted by Crippen LogP contribution is 2.25. The Balaban J connectivity index is 0.000000177. The smallest absolute Gasteiger partial charge is 0.352 e. The van der Waals surface area contributed by atoms with Crippen molar-refractivity contribution in [1.29, 1.82) is 0 Å². The van der Waals surface area contributed by atoms with Crippen molar-refractivity contribution in [3.63, 3.8) is 0 Å². The topological polar surface area (TPSA) is 115 Å². The average Bonchev–Trinajstić information content (AvgIpc) is 2.69. The standard InChI is InChI=1S/C11H14ClN.C5H4N2O4/c1-8-7-13-5-4-9-2-3-10(12)6-11(8)9;8-3-1-2(4(9)10)6-5(11)7-3/h2-3,6,8,13H,4-5,7H2,1H3;1H,(H,9,10)(H2,6,7,8,11). The van der Waals surface area contributed by atoms with Crippen LogP contribution in [0.2, 0.25) is 5.02 Å². The van der Waals surface area contributed by atoms with Crippen molar-refractivity contribution in [2.75, 3.05) is 13.1 Å². The summed E-state index contributed by atoms with van der Waals surface area (Å²) in [4.78, 5) is 34.9. The maximum atomic E-state index is 10.5. The molecule has 1 unspecified atom stereocenters. The lowest BCUT2D eigenvalue weighted by Gasteiger charge is -2.11. The van der Waals surface area contributed by atoms with E-state index in [9.17, 15) is 14.4 Å². The van der Waals surface area contributed by atoms with Crippen molar-refractivity contribution in [3.05, 3.63) is 66.9 Å². The van der Waals surface area contributed by atoms with Gasteiger partial charge in [0, 0.05) is 17.6 Å². The van der Waals surface area contributed by atoms with Crippen LogP contribution in [-0.4, -0.2) is 34.1 Å². The molecule has 0 spiro atoms. The number of fused-ring (bicyclic) bond motifs is 1. The minimum atomic E-state index is -1.34. The average molecular weight is 352 g/mol. The van der Waals surface area contributed by atoms with Crippen molar-refractivity contribution >= 4 is 17.6 Å². The fourth-order valence-electron chi connectivity index (χ4n) is 2.49. The molecule has 1 aliphatic heterocycles. The molecule has 128 valence electrons. The molecule has 0 saturated heterocycles. The minimum Gasteiger partial charge on any atom is -0.477 e. The largest absolute Gasteiger partial charge is 0.477 e. The highest BCUT2D eigenvalue weighted by molar-refractivity contribution is 6.30. The summed E-state index contributed by atoms with van der Waals surface area (Å²) >= 11 is 5.97. The molecule has 1 aliphatic rings. The molecule has 4 N–H and O–H groups in total. The van der Waals surface area contributed by atoms with Crippen LogP contribution in [0.25, 0.3) is 0 Å². The number of rotatable bonds is 1. The summed E-state index contributed by atoms with van der Waals surface area (Å²) < 4.78 is 0. The predicted octanol–water partition coefficient (Wildman–Crippen LogP) is 1.35. The van der Waals surface area contributed by atoms with E-state index < -0.39 is 22.9 Å². The molecule has 2 heterocycles. The highest BCUT2D eigenvalue weighted by Gasteiger charge is 2.14. The van der Waals surface area contributed by atoms with E-state index in [4.69, 9.17) is 16.7 Å². The van der Waals surface area contributed by atoms with Crippen LogP contribution in [-0.2, 0) is 6.42 Å². The van der Waals surface area contributed by atoms with Gasteiger partial charge in [0.1, 0.15) is 5.69 Å². The van der Waals surface area contributed by atoms with Gasteiger partial charge in [-0.05, 0) is 42.1 Å². The third-order valence-electron chi connectivity index (χ3n) is 3.65. The summed E-state index contributed by atoms with van der Waals surface area (Å²) in [6.07, 6.45) is 1.12. The lowest BCUT2D eigenvalue weighted by atomic mass is 9.96. The van der Waals surface area contributed by atoms with Crippen LogP contribution in [0.3, 0.4) is 0 Å². The zero-order valence-electron chi connectivity index (χ0n) is 13.1. The lowest BCUT2D eigenvalue weighted by molar-refractivity contribution is 0.0689. The van der Waals surface area contributed by atoms with Crippen LogP contribution in [0.5, 0.6) is 0 Å². The second kappa shape index (κ2) is 7.94. The number of hydrogen-bond donors (Lipinski definition) is 4. The van der Waals surface area contributed by atoms with E-state index in [2.05, 4.69) is 24.4 Å². The van der Waals surface area contributed by atoms with Gasteiger partial charge in [0.2, 0.25) is 0 Å². The molecule has 3 rings (SSSR count). The van der Waals surface area contributed by atoms with Crippen LogP contribution in [0.15, 0.2) is 33.9 Å². The van der Waals surface area contributed by atoms with Crippen LogP contribution in [0, 0.1) is 0 Å². The van der Waals surface area contributed by atoms with E-state index in [1.165, 1.54) is 11.1 Å². The fraction of sp³-hybridized carbons (Fsp3) is 0.312. The van der Waals surface area contributed by atoms with E-state index >= 15 is 0 Å². The van der Waals surface area contributed by atoms with E-state index in [-0.39, 0.29) is 0 Å². The number of carbonyl (C=O) groups is 1. The number of nitrogens with one attached hydrogen (secondary N) is 3. The van der Waals surface area contributed by atoms with Gasteiger partial charge in [0.15, 0.2) is 0 Å². The normalized spacial score (nSPS) is 16.3. The molecular formula is C16H18ClN3O4. The number of hydrogen-bond acceptors (Lipinski definition) is 4. The third-order valence-corrected chi connectivity index (χ3v) is 3.89. The van der Waals surface area contributed by atoms with Crippen molar-refractivity contribution in [3.8, 4) is 0 Å².